The minimum atomic E-state index is -1.44. The highest BCUT2D eigenvalue weighted by Gasteiger charge is 2.39. The van der Waals surface area contributed by atoms with Crippen LogP contribution in [-0.2, 0) is 0 Å². The molecule has 0 amide bonds. The molecule has 2 unspecified atom stereocenters. The van der Waals surface area contributed by atoms with Gasteiger partial charge in [-0.25, -0.2) is 13.2 Å². The fourth-order valence-corrected chi connectivity index (χ4v) is 3.16. The van der Waals surface area contributed by atoms with Crippen LogP contribution in [0.4, 0.5) is 13.2 Å². The minimum Gasteiger partial charge on any atom is -0.322 e. The van der Waals surface area contributed by atoms with Crippen LogP contribution >= 0.6 is 0 Å². The van der Waals surface area contributed by atoms with Crippen molar-refractivity contribution in [3.05, 3.63) is 35.1 Å². The molecule has 1 aromatic carbocycles. The summed E-state index contributed by atoms with van der Waals surface area (Å²) in [7, 11) is 0. The number of hydrogen-bond donors (Lipinski definition) is 1. The lowest BCUT2D eigenvalue weighted by molar-refractivity contribution is 0.0530. The maximum atomic E-state index is 14.0. The largest absolute Gasteiger partial charge is 0.322 e. The van der Waals surface area contributed by atoms with Gasteiger partial charge in [-0.05, 0) is 45.3 Å². The number of nitrogens with zero attached hydrogens (tertiary/aromatic N) is 1. The third-order valence-electron chi connectivity index (χ3n) is 4.86. The first-order valence-electron chi connectivity index (χ1n) is 7.56. The van der Waals surface area contributed by atoms with Crippen LogP contribution in [0, 0.1) is 17.5 Å². The van der Waals surface area contributed by atoms with Crippen LogP contribution in [0.2, 0.25) is 0 Å². The van der Waals surface area contributed by atoms with Gasteiger partial charge >= 0.3 is 0 Å². The molecule has 118 valence electrons. The highest BCUT2D eigenvalue weighted by molar-refractivity contribution is 5.26. The van der Waals surface area contributed by atoms with Crippen molar-refractivity contribution in [3.63, 3.8) is 0 Å². The Hall–Kier alpha value is -1.07. The second-order valence-corrected chi connectivity index (χ2v) is 6.00. The monoisotopic (exact) mass is 300 g/mol. The lowest BCUT2D eigenvalue weighted by Crippen LogP contribution is -2.55. The van der Waals surface area contributed by atoms with Gasteiger partial charge in [0.1, 0.15) is 0 Å². The molecule has 0 saturated carbocycles. The second kappa shape index (κ2) is 6.36. The van der Waals surface area contributed by atoms with Crippen LogP contribution in [0.3, 0.4) is 0 Å². The van der Waals surface area contributed by atoms with Gasteiger partial charge in [0.25, 0.3) is 0 Å². The van der Waals surface area contributed by atoms with Gasteiger partial charge in [-0.2, -0.15) is 0 Å². The molecule has 2 atom stereocenters. The fraction of sp³-hybridized carbons (Fsp3) is 0.625. The van der Waals surface area contributed by atoms with Gasteiger partial charge in [0.05, 0.1) is 6.04 Å². The summed E-state index contributed by atoms with van der Waals surface area (Å²) >= 11 is 0. The van der Waals surface area contributed by atoms with Crippen molar-refractivity contribution in [2.24, 2.45) is 5.73 Å². The molecule has 0 spiro atoms. The van der Waals surface area contributed by atoms with Gasteiger partial charge in [-0.3, -0.25) is 4.90 Å². The van der Waals surface area contributed by atoms with Gasteiger partial charge in [0.15, 0.2) is 17.5 Å². The Morgan fingerprint density at radius 3 is 2.33 bits per heavy atom. The minimum absolute atomic E-state index is 0.0452. The van der Waals surface area contributed by atoms with E-state index in [1.165, 1.54) is 12.5 Å². The molecule has 2 N–H and O–H groups in total. The van der Waals surface area contributed by atoms with E-state index >= 15 is 0 Å². The van der Waals surface area contributed by atoms with E-state index in [9.17, 15) is 13.2 Å². The van der Waals surface area contributed by atoms with E-state index in [2.05, 4.69) is 4.90 Å². The summed E-state index contributed by atoms with van der Waals surface area (Å²) in [6.45, 7) is 5.78. The number of nitrogens with two attached hydrogens (primary N) is 1. The topological polar surface area (TPSA) is 29.3 Å². The van der Waals surface area contributed by atoms with Crippen LogP contribution in [0.1, 0.15) is 51.1 Å². The molecule has 0 aliphatic carbocycles. The summed E-state index contributed by atoms with van der Waals surface area (Å²) in [6.07, 6.45) is 4.07. The molecule has 5 heteroatoms. The zero-order valence-corrected chi connectivity index (χ0v) is 12.6. The molecular weight excluding hydrogens is 277 g/mol. The van der Waals surface area contributed by atoms with Crippen molar-refractivity contribution in [2.75, 3.05) is 13.1 Å². The summed E-state index contributed by atoms with van der Waals surface area (Å²) in [5.74, 6) is -3.79. The van der Waals surface area contributed by atoms with Crippen LogP contribution in [0.25, 0.3) is 0 Å². The average Bonchev–Trinajstić information content (AvgIpc) is 2.52. The molecule has 0 aromatic heterocycles. The van der Waals surface area contributed by atoms with E-state index in [4.69, 9.17) is 5.73 Å². The first-order valence-corrected chi connectivity index (χ1v) is 7.56. The number of benzene rings is 1. The van der Waals surface area contributed by atoms with E-state index in [1.54, 1.807) is 0 Å². The van der Waals surface area contributed by atoms with E-state index in [1.807, 2.05) is 13.8 Å². The standard InChI is InChI=1S/C16H23F3N2/c1-3-16(2,21-9-5-4-6-10-21)15(20)11-7-8-12(17)14(19)13(11)18/h7-8,15H,3-6,9-10,20H2,1-2H3. The van der Waals surface area contributed by atoms with E-state index in [0.29, 0.717) is 6.42 Å². The molecule has 2 nitrogen and oxygen atoms in total. The maximum absolute atomic E-state index is 14.0. The average molecular weight is 300 g/mol. The SMILES string of the molecule is CCC(C)(C(N)c1ccc(F)c(F)c1F)N1CCCCC1. The first kappa shape index (κ1) is 16.3. The summed E-state index contributed by atoms with van der Waals surface area (Å²) in [4.78, 5) is 2.25. The molecule has 1 fully saturated rings. The highest BCUT2D eigenvalue weighted by Crippen LogP contribution is 2.36. The highest BCUT2D eigenvalue weighted by atomic mass is 19.2. The van der Waals surface area contributed by atoms with Crippen molar-refractivity contribution in [1.29, 1.82) is 0 Å². The zero-order chi connectivity index (χ0) is 15.6. The van der Waals surface area contributed by atoms with Gasteiger partial charge in [0.2, 0.25) is 0 Å². The molecule has 2 rings (SSSR count). The Bertz CT molecular complexity index is 501. The zero-order valence-electron chi connectivity index (χ0n) is 12.6. The third kappa shape index (κ3) is 2.94. The summed E-state index contributed by atoms with van der Waals surface area (Å²) in [6, 6.07) is 1.51. The molecule has 0 bridgehead atoms. The van der Waals surface area contributed by atoms with Crippen LogP contribution in [0.5, 0.6) is 0 Å². The van der Waals surface area contributed by atoms with Crippen LogP contribution < -0.4 is 5.73 Å². The number of hydrogen-bond acceptors (Lipinski definition) is 2. The Balaban J connectivity index is 2.35. The molecule has 1 aromatic rings. The number of likely N-dealkylation sites (tertiary alicyclic amines) is 1. The third-order valence-corrected chi connectivity index (χ3v) is 4.86. The Labute approximate surface area is 124 Å². The normalized spacial score (nSPS) is 21.0. The van der Waals surface area contributed by atoms with Gasteiger partial charge < -0.3 is 5.73 Å². The molecular formula is C16H23F3N2. The Morgan fingerprint density at radius 1 is 1.14 bits per heavy atom. The lowest BCUT2D eigenvalue weighted by Gasteiger charge is -2.47. The van der Waals surface area contributed by atoms with Crippen molar-refractivity contribution in [2.45, 2.75) is 51.1 Å². The molecule has 0 radical (unpaired) electrons. The molecule has 21 heavy (non-hydrogen) atoms. The number of rotatable bonds is 4. The number of piperidine rings is 1. The van der Waals surface area contributed by atoms with E-state index < -0.39 is 29.0 Å². The Morgan fingerprint density at radius 2 is 1.76 bits per heavy atom. The maximum Gasteiger partial charge on any atom is 0.194 e. The van der Waals surface area contributed by atoms with Crippen molar-refractivity contribution in [3.8, 4) is 0 Å². The summed E-state index contributed by atoms with van der Waals surface area (Å²) < 4.78 is 40.6. The quantitative estimate of drug-likeness (QED) is 0.858. The van der Waals surface area contributed by atoms with Gasteiger partial charge in [-0.15, -0.1) is 0 Å². The van der Waals surface area contributed by atoms with Crippen molar-refractivity contribution in [1.82, 2.24) is 4.90 Å². The fourth-order valence-electron chi connectivity index (χ4n) is 3.16. The summed E-state index contributed by atoms with van der Waals surface area (Å²) in [5.41, 5.74) is 5.84. The molecule has 1 aliphatic heterocycles. The van der Waals surface area contributed by atoms with Crippen LogP contribution in [-0.4, -0.2) is 23.5 Å². The van der Waals surface area contributed by atoms with E-state index in [-0.39, 0.29) is 5.56 Å². The van der Waals surface area contributed by atoms with Crippen molar-refractivity contribution >= 4 is 0 Å². The van der Waals surface area contributed by atoms with Gasteiger partial charge in [-0.1, -0.05) is 19.4 Å². The van der Waals surface area contributed by atoms with Gasteiger partial charge in [0, 0.05) is 11.1 Å². The predicted molar refractivity (Wildman–Crippen MR) is 77.4 cm³/mol. The van der Waals surface area contributed by atoms with E-state index in [0.717, 1.165) is 32.0 Å². The summed E-state index contributed by atoms with van der Waals surface area (Å²) in [5, 5.41) is 0. The molecule has 1 aliphatic rings. The molecule has 1 saturated heterocycles. The van der Waals surface area contributed by atoms with Crippen LogP contribution in [0.15, 0.2) is 12.1 Å². The number of halogens is 3. The predicted octanol–water partition coefficient (Wildman–Crippen LogP) is 3.76. The smallest absolute Gasteiger partial charge is 0.194 e. The Kier molecular flexibility index (Phi) is 4.94. The second-order valence-electron chi connectivity index (χ2n) is 6.00. The lowest BCUT2D eigenvalue weighted by atomic mass is 9.82. The molecule has 1 heterocycles. The van der Waals surface area contributed by atoms with Crippen molar-refractivity contribution < 1.29 is 13.2 Å². The first-order chi connectivity index (χ1) is 9.91.